The van der Waals surface area contributed by atoms with E-state index < -0.39 is 0 Å². The second-order valence-electron chi connectivity index (χ2n) is 4.32. The van der Waals surface area contributed by atoms with Crippen LogP contribution in [0, 0.1) is 24.0 Å². The lowest BCUT2D eigenvalue weighted by Gasteiger charge is -2.09. The molecule has 7 heteroatoms. The molecule has 7 nitrogen and oxygen atoms in total. The van der Waals surface area contributed by atoms with Gasteiger partial charge < -0.3 is 5.32 Å². The second-order valence-corrected chi connectivity index (χ2v) is 4.32. The summed E-state index contributed by atoms with van der Waals surface area (Å²) in [5.74, 6) is 0. The number of nitro benzene ring substituents is 1. The van der Waals surface area contributed by atoms with Crippen molar-refractivity contribution in [1.82, 2.24) is 20.3 Å². The summed E-state index contributed by atoms with van der Waals surface area (Å²) in [6.07, 6.45) is 1.77. The van der Waals surface area contributed by atoms with Crippen molar-refractivity contribution in [1.29, 1.82) is 0 Å². The first-order chi connectivity index (χ1) is 9.04. The Morgan fingerprint density at radius 1 is 1.42 bits per heavy atom. The number of hydrogen-bond donors (Lipinski definition) is 1. The van der Waals surface area contributed by atoms with Crippen molar-refractivity contribution in [3.8, 4) is 5.69 Å². The van der Waals surface area contributed by atoms with Crippen molar-refractivity contribution >= 4 is 5.69 Å². The number of benzene rings is 1. The monoisotopic (exact) mass is 261 g/mol. The third-order valence-electron chi connectivity index (χ3n) is 2.93. The fraction of sp³-hybridized carbons (Fsp3) is 0.333. The third kappa shape index (κ3) is 2.45. The third-order valence-corrected chi connectivity index (χ3v) is 2.93. The highest BCUT2D eigenvalue weighted by atomic mass is 16.6. The molecular formula is C12H15N5O2. The molecule has 0 amide bonds. The molecule has 0 aliphatic rings. The molecule has 19 heavy (non-hydrogen) atoms. The molecule has 0 saturated heterocycles. The molecule has 100 valence electrons. The maximum absolute atomic E-state index is 11.0. The molecule has 0 unspecified atom stereocenters. The van der Waals surface area contributed by atoms with E-state index in [1.807, 2.05) is 14.0 Å². The maximum Gasteiger partial charge on any atom is 0.274 e. The van der Waals surface area contributed by atoms with E-state index in [0.29, 0.717) is 17.8 Å². The van der Waals surface area contributed by atoms with Crippen LogP contribution in [0.2, 0.25) is 0 Å². The number of aryl methyl sites for hydroxylation is 1. The Labute approximate surface area is 110 Å². The first kappa shape index (κ1) is 13.2. The molecule has 0 radical (unpaired) electrons. The molecule has 2 rings (SSSR count). The highest BCUT2D eigenvalue weighted by Crippen LogP contribution is 2.26. The lowest BCUT2D eigenvalue weighted by Crippen LogP contribution is -2.05. The molecule has 1 aromatic carbocycles. The Hall–Kier alpha value is -2.28. The minimum Gasteiger partial charge on any atom is -0.314 e. The van der Waals surface area contributed by atoms with Crippen molar-refractivity contribution < 1.29 is 4.92 Å². The summed E-state index contributed by atoms with van der Waals surface area (Å²) in [4.78, 5) is 10.6. The van der Waals surface area contributed by atoms with Crippen LogP contribution in [-0.2, 0) is 6.54 Å². The summed E-state index contributed by atoms with van der Waals surface area (Å²) in [6, 6.07) is 3.24. The van der Waals surface area contributed by atoms with Gasteiger partial charge in [0, 0.05) is 12.6 Å². The number of rotatable bonds is 4. The van der Waals surface area contributed by atoms with Gasteiger partial charge in [-0.05, 0) is 26.5 Å². The van der Waals surface area contributed by atoms with Crippen molar-refractivity contribution in [2.45, 2.75) is 20.4 Å². The molecular weight excluding hydrogens is 246 g/mol. The van der Waals surface area contributed by atoms with Crippen LogP contribution in [0.4, 0.5) is 5.69 Å². The molecule has 0 atom stereocenters. The Balaban J connectivity index is 2.53. The fourth-order valence-electron chi connectivity index (χ4n) is 2.05. The first-order valence-electron chi connectivity index (χ1n) is 5.85. The van der Waals surface area contributed by atoms with Crippen molar-refractivity contribution in [2.75, 3.05) is 7.05 Å². The van der Waals surface area contributed by atoms with Gasteiger partial charge in [-0.3, -0.25) is 10.1 Å². The van der Waals surface area contributed by atoms with Gasteiger partial charge in [0.2, 0.25) is 0 Å². The standard InChI is InChI=1S/C12H15N5O2/c1-8-4-5-11(17(18)19)9(2)12(8)16-7-10(6-13-3)14-15-16/h4-5,7,13H,6H2,1-3H3. The Morgan fingerprint density at radius 3 is 2.79 bits per heavy atom. The van der Waals surface area contributed by atoms with Gasteiger partial charge in [-0.2, -0.15) is 0 Å². The predicted octanol–water partition coefficient (Wildman–Crippen LogP) is 1.51. The van der Waals surface area contributed by atoms with Gasteiger partial charge in [0.1, 0.15) is 0 Å². The van der Waals surface area contributed by atoms with E-state index in [1.165, 1.54) is 6.07 Å². The van der Waals surface area contributed by atoms with E-state index in [9.17, 15) is 10.1 Å². The van der Waals surface area contributed by atoms with Crippen LogP contribution in [0.3, 0.4) is 0 Å². The van der Waals surface area contributed by atoms with Gasteiger partial charge in [0.05, 0.1) is 28.1 Å². The molecule has 0 spiro atoms. The summed E-state index contributed by atoms with van der Waals surface area (Å²) in [6.45, 7) is 4.22. The van der Waals surface area contributed by atoms with Crippen LogP contribution in [0.25, 0.3) is 5.69 Å². The molecule has 0 bridgehead atoms. The van der Waals surface area contributed by atoms with Crippen LogP contribution in [0.15, 0.2) is 18.3 Å². The Morgan fingerprint density at radius 2 is 2.16 bits per heavy atom. The summed E-state index contributed by atoms with van der Waals surface area (Å²) in [7, 11) is 1.82. The topological polar surface area (TPSA) is 85.9 Å². The first-order valence-corrected chi connectivity index (χ1v) is 5.85. The summed E-state index contributed by atoms with van der Waals surface area (Å²) < 4.78 is 1.59. The lowest BCUT2D eigenvalue weighted by molar-refractivity contribution is -0.385. The van der Waals surface area contributed by atoms with E-state index in [-0.39, 0.29) is 10.6 Å². The van der Waals surface area contributed by atoms with Gasteiger partial charge in [0.25, 0.3) is 5.69 Å². The SMILES string of the molecule is CNCc1cn(-c2c(C)ccc([N+](=O)[O-])c2C)nn1. The average molecular weight is 261 g/mol. The van der Waals surface area contributed by atoms with Gasteiger partial charge in [0.15, 0.2) is 0 Å². The highest BCUT2D eigenvalue weighted by molar-refractivity contribution is 5.56. The van der Waals surface area contributed by atoms with Crippen LogP contribution in [0.1, 0.15) is 16.8 Å². The average Bonchev–Trinajstić information content (AvgIpc) is 2.77. The zero-order chi connectivity index (χ0) is 14.0. The molecule has 2 aromatic rings. The molecule has 0 aliphatic carbocycles. The Bertz CT molecular complexity index is 621. The summed E-state index contributed by atoms with van der Waals surface area (Å²) >= 11 is 0. The molecule has 0 fully saturated rings. The Kier molecular flexibility index (Phi) is 3.57. The summed E-state index contributed by atoms with van der Waals surface area (Å²) in [5.41, 5.74) is 3.10. The van der Waals surface area contributed by atoms with E-state index in [1.54, 1.807) is 23.9 Å². The molecule has 1 aromatic heterocycles. The molecule has 1 heterocycles. The fourth-order valence-corrected chi connectivity index (χ4v) is 2.05. The number of nitrogens with one attached hydrogen (secondary N) is 1. The van der Waals surface area contributed by atoms with Gasteiger partial charge in [-0.1, -0.05) is 11.3 Å². The van der Waals surface area contributed by atoms with Crippen molar-refractivity contribution in [3.05, 3.63) is 45.3 Å². The van der Waals surface area contributed by atoms with Crippen molar-refractivity contribution in [3.63, 3.8) is 0 Å². The van der Waals surface area contributed by atoms with Crippen LogP contribution in [-0.4, -0.2) is 27.0 Å². The van der Waals surface area contributed by atoms with Gasteiger partial charge in [-0.25, -0.2) is 4.68 Å². The molecule has 0 saturated carbocycles. The number of nitro groups is 1. The number of aromatic nitrogens is 3. The van der Waals surface area contributed by atoms with Gasteiger partial charge >= 0.3 is 0 Å². The smallest absolute Gasteiger partial charge is 0.274 e. The van der Waals surface area contributed by atoms with Crippen LogP contribution in [0.5, 0.6) is 0 Å². The normalized spacial score (nSPS) is 10.7. The number of nitrogens with zero attached hydrogens (tertiary/aromatic N) is 4. The molecule has 0 aliphatic heterocycles. The van der Waals surface area contributed by atoms with Crippen LogP contribution < -0.4 is 5.32 Å². The second kappa shape index (κ2) is 5.15. The lowest BCUT2D eigenvalue weighted by atomic mass is 10.1. The van der Waals surface area contributed by atoms with Crippen molar-refractivity contribution in [2.24, 2.45) is 0 Å². The predicted molar refractivity (Wildman–Crippen MR) is 70.3 cm³/mol. The minimum absolute atomic E-state index is 0.0891. The summed E-state index contributed by atoms with van der Waals surface area (Å²) in [5, 5.41) is 22.0. The zero-order valence-corrected chi connectivity index (χ0v) is 11.0. The largest absolute Gasteiger partial charge is 0.314 e. The van der Waals surface area contributed by atoms with E-state index in [0.717, 1.165) is 11.3 Å². The maximum atomic E-state index is 11.0. The van der Waals surface area contributed by atoms with Crippen LogP contribution >= 0.6 is 0 Å². The zero-order valence-electron chi connectivity index (χ0n) is 11.0. The number of hydrogen-bond acceptors (Lipinski definition) is 5. The molecule has 1 N–H and O–H groups in total. The van der Waals surface area contributed by atoms with E-state index in [2.05, 4.69) is 15.6 Å². The highest BCUT2D eigenvalue weighted by Gasteiger charge is 2.17. The minimum atomic E-state index is -0.385. The quantitative estimate of drug-likeness (QED) is 0.666. The van der Waals surface area contributed by atoms with E-state index in [4.69, 9.17) is 0 Å². The van der Waals surface area contributed by atoms with Gasteiger partial charge in [-0.15, -0.1) is 5.10 Å². The van der Waals surface area contributed by atoms with E-state index >= 15 is 0 Å².